The number of aromatic nitrogens is 3. The molecular weight excluding hydrogens is 643 g/mol. The van der Waals surface area contributed by atoms with E-state index in [1.165, 1.54) is 0 Å². The third-order valence-electron chi connectivity index (χ3n) is 10.8. The average Bonchev–Trinajstić information content (AvgIpc) is 3.89. The molecule has 7 aromatic carbocycles. The molecule has 1 aliphatic rings. The second kappa shape index (κ2) is 10.0. The van der Waals surface area contributed by atoms with Crippen LogP contribution in [0.2, 0.25) is 0 Å². The van der Waals surface area contributed by atoms with Gasteiger partial charge in [0.05, 0.1) is 0 Å². The lowest BCUT2D eigenvalue weighted by Crippen LogP contribution is -2.34. The summed E-state index contributed by atoms with van der Waals surface area (Å²) in [7, 11) is 0. The third kappa shape index (κ3) is 3.60. The summed E-state index contributed by atoms with van der Waals surface area (Å²) < 4.78 is 19.3. The van der Waals surface area contributed by atoms with Crippen LogP contribution in [0.5, 0.6) is 0 Å². The Morgan fingerprint density at radius 3 is 1.87 bits per heavy atom. The van der Waals surface area contributed by atoms with E-state index in [1.54, 1.807) is 0 Å². The molecule has 0 fully saturated rings. The predicted octanol–water partition coefficient (Wildman–Crippen LogP) is 11.6. The van der Waals surface area contributed by atoms with Gasteiger partial charge in [-0.25, -0.2) is 15.0 Å². The fourth-order valence-corrected chi connectivity index (χ4v) is 8.53. The van der Waals surface area contributed by atoms with Crippen LogP contribution in [0.15, 0.2) is 165 Å². The highest BCUT2D eigenvalue weighted by atomic mass is 16.3. The van der Waals surface area contributed by atoms with E-state index in [4.69, 9.17) is 28.2 Å². The summed E-state index contributed by atoms with van der Waals surface area (Å²) in [4.78, 5) is 16.1. The van der Waals surface area contributed by atoms with Gasteiger partial charge < -0.3 is 13.3 Å². The van der Waals surface area contributed by atoms with Crippen LogP contribution in [-0.4, -0.2) is 15.0 Å². The first-order valence-corrected chi connectivity index (χ1v) is 17.3. The maximum atomic E-state index is 6.61. The Morgan fingerprint density at radius 2 is 1.02 bits per heavy atom. The number of hydrogen-bond donors (Lipinski definition) is 0. The lowest BCUT2D eigenvalue weighted by Gasteiger charge is -2.36. The molecule has 5 heterocycles. The molecule has 11 aromatic rings. The Balaban J connectivity index is 1.25. The zero-order chi connectivity index (χ0) is 34.0. The van der Waals surface area contributed by atoms with Gasteiger partial charge in [0.25, 0.3) is 0 Å². The molecule has 0 saturated carbocycles. The minimum atomic E-state index is -0.979. The summed E-state index contributed by atoms with van der Waals surface area (Å²) >= 11 is 0. The molecule has 52 heavy (non-hydrogen) atoms. The van der Waals surface area contributed by atoms with E-state index in [0.717, 1.165) is 93.6 Å². The van der Waals surface area contributed by atoms with Gasteiger partial charge in [-0.1, -0.05) is 103 Å². The molecule has 1 aliphatic heterocycles. The third-order valence-corrected chi connectivity index (χ3v) is 10.8. The molecule has 1 unspecified atom stereocenters. The van der Waals surface area contributed by atoms with Gasteiger partial charge in [0.15, 0.2) is 17.5 Å². The Kier molecular flexibility index (Phi) is 5.34. The second-order valence-corrected chi connectivity index (χ2v) is 13.5. The van der Waals surface area contributed by atoms with Crippen LogP contribution in [0.1, 0.15) is 22.5 Å². The van der Waals surface area contributed by atoms with E-state index in [9.17, 15) is 0 Å². The van der Waals surface area contributed by atoms with Gasteiger partial charge in [-0.05, 0) is 65.2 Å². The summed E-state index contributed by atoms with van der Waals surface area (Å²) in [6.45, 7) is 0. The minimum absolute atomic E-state index is 0.564. The van der Waals surface area contributed by atoms with E-state index in [-0.39, 0.29) is 0 Å². The van der Waals surface area contributed by atoms with Gasteiger partial charge in [0, 0.05) is 43.4 Å². The number of rotatable bonds is 3. The molecule has 6 heteroatoms. The summed E-state index contributed by atoms with van der Waals surface area (Å²) in [5.74, 6) is 1.77. The van der Waals surface area contributed by atoms with Gasteiger partial charge in [-0.15, -0.1) is 0 Å². The van der Waals surface area contributed by atoms with Crippen LogP contribution >= 0.6 is 0 Å². The van der Waals surface area contributed by atoms with Crippen molar-refractivity contribution < 1.29 is 13.3 Å². The lowest BCUT2D eigenvalue weighted by molar-refractivity contribution is 0.660. The van der Waals surface area contributed by atoms with Gasteiger partial charge in [-0.2, -0.15) is 0 Å². The standard InChI is InChI=1S/C46H25N3O3/c1-2-10-27(11-3-1)46(28-21-23-37-33(25-28)30-13-5-7-17-36(30)50-37)34-15-9-19-39-42(34)41-32(14-8-18-38(41)52-39)44-47-43(48-45(46)49-44)26-20-22-31-29-12-4-6-16-35(29)51-40(31)24-26/h1-25H. The number of hydrogen-bond acceptors (Lipinski definition) is 6. The summed E-state index contributed by atoms with van der Waals surface area (Å²) in [6.07, 6.45) is 0. The Hall–Kier alpha value is -7.05. The first-order chi connectivity index (χ1) is 25.7. The summed E-state index contributed by atoms with van der Waals surface area (Å²) in [6, 6.07) is 52.0. The number of benzene rings is 7. The van der Waals surface area contributed by atoms with Crippen LogP contribution in [-0.2, 0) is 5.41 Å². The van der Waals surface area contributed by atoms with Crippen molar-refractivity contribution in [3.8, 4) is 22.8 Å². The molecule has 0 amide bonds. The fraction of sp³-hybridized carbons (Fsp3) is 0.0217. The minimum Gasteiger partial charge on any atom is -0.456 e. The smallest absolute Gasteiger partial charge is 0.164 e. The first kappa shape index (κ1) is 27.7. The Bertz CT molecular complexity index is 3260. The van der Waals surface area contributed by atoms with Crippen molar-refractivity contribution in [3.63, 3.8) is 0 Å². The van der Waals surface area contributed by atoms with E-state index in [2.05, 4.69) is 91.0 Å². The highest BCUT2D eigenvalue weighted by molar-refractivity contribution is 6.15. The van der Waals surface area contributed by atoms with Gasteiger partial charge >= 0.3 is 0 Å². The van der Waals surface area contributed by atoms with Crippen LogP contribution in [0.3, 0.4) is 0 Å². The fourth-order valence-electron chi connectivity index (χ4n) is 8.53. The summed E-state index contributed by atoms with van der Waals surface area (Å²) in [5, 5.41) is 6.22. The quantitative estimate of drug-likeness (QED) is 0.187. The van der Waals surface area contributed by atoms with Crippen LogP contribution in [0.25, 0.3) is 88.6 Å². The summed E-state index contributed by atoms with van der Waals surface area (Å²) in [5.41, 5.74) is 8.71. The molecule has 2 bridgehead atoms. The highest BCUT2D eigenvalue weighted by Gasteiger charge is 2.45. The molecule has 6 nitrogen and oxygen atoms in total. The van der Waals surface area contributed by atoms with E-state index >= 15 is 0 Å². The highest BCUT2D eigenvalue weighted by Crippen LogP contribution is 2.52. The maximum Gasteiger partial charge on any atom is 0.164 e. The molecule has 0 aliphatic carbocycles. The zero-order valence-corrected chi connectivity index (χ0v) is 27.5. The topological polar surface area (TPSA) is 78.1 Å². The molecule has 1 atom stereocenters. The molecule has 0 N–H and O–H groups in total. The van der Waals surface area contributed by atoms with Crippen molar-refractivity contribution in [3.05, 3.63) is 174 Å². The number of nitrogens with zero attached hydrogens (tertiary/aromatic N) is 3. The first-order valence-electron chi connectivity index (χ1n) is 17.3. The SMILES string of the molecule is c1ccc(C2(c3ccc4oc5ccccc5c4c3)c3nc(-c4ccc5c(c4)oc4ccccc45)nc(n3)-c3cccc4oc5cccc2c5c34)cc1. The van der Waals surface area contributed by atoms with Gasteiger partial charge in [0.2, 0.25) is 0 Å². The van der Waals surface area contributed by atoms with E-state index in [1.807, 2.05) is 60.7 Å². The van der Waals surface area contributed by atoms with Crippen molar-refractivity contribution in [1.82, 2.24) is 15.0 Å². The second-order valence-electron chi connectivity index (χ2n) is 13.5. The van der Waals surface area contributed by atoms with Crippen LogP contribution in [0.4, 0.5) is 0 Å². The largest absolute Gasteiger partial charge is 0.456 e. The van der Waals surface area contributed by atoms with Crippen molar-refractivity contribution in [2.24, 2.45) is 0 Å². The number of furan rings is 3. The average molecular weight is 668 g/mol. The maximum absolute atomic E-state index is 6.61. The van der Waals surface area contributed by atoms with Crippen molar-refractivity contribution in [2.45, 2.75) is 5.41 Å². The van der Waals surface area contributed by atoms with Gasteiger partial charge in [-0.3, -0.25) is 0 Å². The van der Waals surface area contributed by atoms with E-state index in [0.29, 0.717) is 17.5 Å². The molecule has 0 saturated heterocycles. The molecule has 0 spiro atoms. The Labute approximate surface area is 295 Å². The van der Waals surface area contributed by atoms with Crippen LogP contribution in [0, 0.1) is 0 Å². The normalized spacial score (nSPS) is 15.4. The number of fused-ring (bicyclic) bond motifs is 9. The monoisotopic (exact) mass is 667 g/mol. The van der Waals surface area contributed by atoms with Crippen molar-refractivity contribution in [1.29, 1.82) is 0 Å². The molecular formula is C46H25N3O3. The molecule has 0 radical (unpaired) electrons. The van der Waals surface area contributed by atoms with E-state index < -0.39 is 5.41 Å². The van der Waals surface area contributed by atoms with Gasteiger partial charge in [0.1, 0.15) is 38.9 Å². The Morgan fingerprint density at radius 1 is 0.385 bits per heavy atom. The molecule has 4 aromatic heterocycles. The molecule has 12 rings (SSSR count). The number of para-hydroxylation sites is 2. The van der Waals surface area contributed by atoms with Crippen molar-refractivity contribution in [2.75, 3.05) is 0 Å². The molecule has 242 valence electrons. The van der Waals surface area contributed by atoms with Crippen molar-refractivity contribution >= 4 is 65.8 Å². The van der Waals surface area contributed by atoms with Crippen LogP contribution < -0.4 is 0 Å². The predicted molar refractivity (Wildman–Crippen MR) is 204 cm³/mol. The lowest BCUT2D eigenvalue weighted by atomic mass is 9.67. The zero-order valence-electron chi connectivity index (χ0n) is 27.5.